The number of likely N-dealkylation sites (N-methyl/N-ethyl adjacent to an activating group) is 1. The maximum atomic E-state index is 3.66. The first-order valence-corrected chi connectivity index (χ1v) is 5.65. The molecule has 13 heavy (non-hydrogen) atoms. The molecule has 0 aromatic rings. The summed E-state index contributed by atoms with van der Waals surface area (Å²) >= 11 is 0. The SMILES string of the molecule is CCCNC1CCCCC1N(C)C. The molecule has 1 rings (SSSR count). The second kappa shape index (κ2) is 5.61. The summed E-state index contributed by atoms with van der Waals surface area (Å²) in [6, 6.07) is 1.50. The lowest BCUT2D eigenvalue weighted by atomic mass is 9.89. The molecular weight excluding hydrogens is 160 g/mol. The molecule has 0 amide bonds. The first kappa shape index (κ1) is 11.0. The Hall–Kier alpha value is -0.0800. The predicted molar refractivity (Wildman–Crippen MR) is 58.0 cm³/mol. The number of nitrogens with one attached hydrogen (secondary N) is 1. The van der Waals surface area contributed by atoms with E-state index < -0.39 is 0 Å². The van der Waals surface area contributed by atoms with Crippen LogP contribution < -0.4 is 5.32 Å². The Morgan fingerprint density at radius 3 is 2.54 bits per heavy atom. The van der Waals surface area contributed by atoms with Gasteiger partial charge in [0.1, 0.15) is 0 Å². The molecule has 0 aromatic carbocycles. The zero-order chi connectivity index (χ0) is 9.68. The van der Waals surface area contributed by atoms with Crippen LogP contribution in [0.2, 0.25) is 0 Å². The molecular formula is C11H24N2. The normalized spacial score (nSPS) is 29.5. The van der Waals surface area contributed by atoms with Crippen LogP contribution in [-0.4, -0.2) is 37.6 Å². The standard InChI is InChI=1S/C11H24N2/c1-4-9-12-10-7-5-6-8-11(10)13(2)3/h10-12H,4-9H2,1-3H3. The van der Waals surface area contributed by atoms with E-state index in [4.69, 9.17) is 0 Å². The van der Waals surface area contributed by atoms with Crippen LogP contribution in [0, 0.1) is 0 Å². The van der Waals surface area contributed by atoms with Crippen molar-refractivity contribution in [1.82, 2.24) is 10.2 Å². The van der Waals surface area contributed by atoms with E-state index in [-0.39, 0.29) is 0 Å². The van der Waals surface area contributed by atoms with Crippen molar-refractivity contribution >= 4 is 0 Å². The smallest absolute Gasteiger partial charge is 0.0243 e. The Bertz CT molecular complexity index is 134. The topological polar surface area (TPSA) is 15.3 Å². The number of nitrogens with zero attached hydrogens (tertiary/aromatic N) is 1. The molecule has 0 aromatic heterocycles. The third-order valence-electron chi connectivity index (χ3n) is 3.05. The highest BCUT2D eigenvalue weighted by molar-refractivity contribution is 4.85. The Morgan fingerprint density at radius 1 is 1.23 bits per heavy atom. The molecule has 2 unspecified atom stereocenters. The van der Waals surface area contributed by atoms with Crippen molar-refractivity contribution in [2.24, 2.45) is 0 Å². The molecule has 2 atom stereocenters. The minimum Gasteiger partial charge on any atom is -0.312 e. The molecule has 0 saturated heterocycles. The quantitative estimate of drug-likeness (QED) is 0.717. The predicted octanol–water partition coefficient (Wildman–Crippen LogP) is 1.86. The van der Waals surface area contributed by atoms with Gasteiger partial charge in [0.15, 0.2) is 0 Å². The van der Waals surface area contributed by atoms with E-state index in [1.807, 2.05) is 0 Å². The summed E-state index contributed by atoms with van der Waals surface area (Å²) in [6.45, 7) is 3.41. The van der Waals surface area contributed by atoms with Gasteiger partial charge in [0.2, 0.25) is 0 Å². The fourth-order valence-corrected chi connectivity index (χ4v) is 2.30. The summed E-state index contributed by atoms with van der Waals surface area (Å²) in [4.78, 5) is 2.38. The molecule has 0 aliphatic heterocycles. The van der Waals surface area contributed by atoms with Crippen LogP contribution in [0.4, 0.5) is 0 Å². The summed E-state index contributed by atoms with van der Waals surface area (Å²) in [5.41, 5.74) is 0. The van der Waals surface area contributed by atoms with Gasteiger partial charge >= 0.3 is 0 Å². The number of rotatable bonds is 4. The van der Waals surface area contributed by atoms with Crippen LogP contribution in [0.5, 0.6) is 0 Å². The van der Waals surface area contributed by atoms with Crippen LogP contribution in [0.3, 0.4) is 0 Å². The molecule has 0 radical (unpaired) electrons. The van der Waals surface area contributed by atoms with Crippen LogP contribution >= 0.6 is 0 Å². The lowest BCUT2D eigenvalue weighted by Crippen LogP contribution is -2.49. The van der Waals surface area contributed by atoms with Crippen LogP contribution in [0.1, 0.15) is 39.0 Å². The van der Waals surface area contributed by atoms with E-state index in [0.29, 0.717) is 0 Å². The summed E-state index contributed by atoms with van der Waals surface area (Å²) in [5.74, 6) is 0. The molecule has 1 N–H and O–H groups in total. The zero-order valence-corrected chi connectivity index (χ0v) is 9.34. The molecule has 1 aliphatic carbocycles. The molecule has 1 fully saturated rings. The number of hydrogen-bond donors (Lipinski definition) is 1. The third-order valence-corrected chi connectivity index (χ3v) is 3.05. The Kier molecular flexibility index (Phi) is 4.74. The lowest BCUT2D eigenvalue weighted by Gasteiger charge is -2.36. The molecule has 2 heteroatoms. The van der Waals surface area contributed by atoms with Crippen molar-refractivity contribution in [2.45, 2.75) is 51.1 Å². The molecule has 0 spiro atoms. The molecule has 1 aliphatic rings. The summed E-state index contributed by atoms with van der Waals surface area (Å²) in [7, 11) is 4.41. The van der Waals surface area contributed by atoms with Gasteiger partial charge in [0.25, 0.3) is 0 Å². The molecule has 0 bridgehead atoms. The van der Waals surface area contributed by atoms with E-state index >= 15 is 0 Å². The van der Waals surface area contributed by atoms with Gasteiger partial charge in [-0.2, -0.15) is 0 Å². The molecule has 2 nitrogen and oxygen atoms in total. The van der Waals surface area contributed by atoms with Gasteiger partial charge in [-0.3, -0.25) is 0 Å². The molecule has 1 saturated carbocycles. The molecule has 0 heterocycles. The van der Waals surface area contributed by atoms with Gasteiger partial charge < -0.3 is 10.2 Å². The van der Waals surface area contributed by atoms with Gasteiger partial charge in [-0.25, -0.2) is 0 Å². The minimum atomic E-state index is 0.740. The van der Waals surface area contributed by atoms with Crippen molar-refractivity contribution < 1.29 is 0 Å². The van der Waals surface area contributed by atoms with E-state index in [9.17, 15) is 0 Å². The second-order valence-electron chi connectivity index (χ2n) is 4.38. The van der Waals surface area contributed by atoms with Crippen molar-refractivity contribution in [1.29, 1.82) is 0 Å². The minimum absolute atomic E-state index is 0.740. The molecule has 78 valence electrons. The number of hydrogen-bond acceptors (Lipinski definition) is 2. The van der Waals surface area contributed by atoms with Crippen molar-refractivity contribution in [2.75, 3.05) is 20.6 Å². The highest BCUT2D eigenvalue weighted by Crippen LogP contribution is 2.21. The maximum absolute atomic E-state index is 3.66. The average molecular weight is 184 g/mol. The van der Waals surface area contributed by atoms with Crippen molar-refractivity contribution in [3.63, 3.8) is 0 Å². The van der Waals surface area contributed by atoms with Gasteiger partial charge in [-0.1, -0.05) is 19.8 Å². The van der Waals surface area contributed by atoms with Crippen molar-refractivity contribution in [3.8, 4) is 0 Å². The first-order chi connectivity index (χ1) is 6.25. The van der Waals surface area contributed by atoms with Crippen LogP contribution in [0.25, 0.3) is 0 Å². The van der Waals surface area contributed by atoms with Crippen molar-refractivity contribution in [3.05, 3.63) is 0 Å². The van der Waals surface area contributed by atoms with Gasteiger partial charge in [-0.05, 0) is 39.9 Å². The first-order valence-electron chi connectivity index (χ1n) is 5.65. The van der Waals surface area contributed by atoms with E-state index in [1.54, 1.807) is 0 Å². The van der Waals surface area contributed by atoms with E-state index in [0.717, 1.165) is 12.1 Å². The lowest BCUT2D eigenvalue weighted by molar-refractivity contribution is 0.177. The van der Waals surface area contributed by atoms with E-state index in [2.05, 4.69) is 31.2 Å². The Labute approximate surface area is 82.7 Å². The summed E-state index contributed by atoms with van der Waals surface area (Å²) in [5, 5.41) is 3.66. The fourth-order valence-electron chi connectivity index (χ4n) is 2.30. The maximum Gasteiger partial charge on any atom is 0.0243 e. The largest absolute Gasteiger partial charge is 0.312 e. The second-order valence-corrected chi connectivity index (χ2v) is 4.38. The van der Waals surface area contributed by atoms with Crippen LogP contribution in [0.15, 0.2) is 0 Å². The van der Waals surface area contributed by atoms with Gasteiger partial charge in [-0.15, -0.1) is 0 Å². The summed E-state index contributed by atoms with van der Waals surface area (Å²) in [6.07, 6.45) is 6.80. The monoisotopic (exact) mass is 184 g/mol. The van der Waals surface area contributed by atoms with Crippen LogP contribution in [-0.2, 0) is 0 Å². The zero-order valence-electron chi connectivity index (χ0n) is 9.34. The van der Waals surface area contributed by atoms with Gasteiger partial charge in [0, 0.05) is 12.1 Å². The Morgan fingerprint density at radius 2 is 1.92 bits per heavy atom. The van der Waals surface area contributed by atoms with E-state index in [1.165, 1.54) is 38.6 Å². The van der Waals surface area contributed by atoms with Gasteiger partial charge in [0.05, 0.1) is 0 Å². The Balaban J connectivity index is 2.37. The average Bonchev–Trinajstić information content (AvgIpc) is 2.15. The fraction of sp³-hybridized carbons (Fsp3) is 1.00. The third kappa shape index (κ3) is 3.28. The summed E-state index contributed by atoms with van der Waals surface area (Å²) < 4.78 is 0. The highest BCUT2D eigenvalue weighted by Gasteiger charge is 2.25. The highest BCUT2D eigenvalue weighted by atomic mass is 15.1.